The van der Waals surface area contributed by atoms with Crippen LogP contribution in [-0.4, -0.2) is 31.5 Å². The first-order valence-corrected chi connectivity index (χ1v) is 9.78. The molecule has 0 aliphatic rings. The smallest absolute Gasteiger partial charge is 0.341 e. The van der Waals surface area contributed by atoms with Gasteiger partial charge in [0, 0.05) is 18.2 Å². The normalized spacial score (nSPS) is 10.3. The summed E-state index contributed by atoms with van der Waals surface area (Å²) in [5.41, 5.74) is 1.24. The number of carbonyl (C=O) groups excluding carboxylic acids is 3. The molecule has 1 aromatic carbocycles. The van der Waals surface area contributed by atoms with Gasteiger partial charge in [-0.15, -0.1) is 11.3 Å². The average Bonchev–Trinajstić information content (AvgIpc) is 2.98. The standard InChI is InChI=1S/C20H24N2O5S/c1-5-8-15(23)22-19-16(20(25)27-6-2)12(3)17(28-19)18(24)21-13-9-7-10-14(11-13)26-4/h7,9-11H,5-6,8H2,1-4H3,(H,21,24)(H,22,23). The number of amides is 2. The molecule has 0 aliphatic carbocycles. The van der Waals surface area contributed by atoms with Crippen molar-refractivity contribution < 1.29 is 23.9 Å². The van der Waals surface area contributed by atoms with Gasteiger partial charge in [-0.1, -0.05) is 13.0 Å². The highest BCUT2D eigenvalue weighted by Gasteiger charge is 2.26. The van der Waals surface area contributed by atoms with Crippen molar-refractivity contribution in [1.82, 2.24) is 0 Å². The Balaban J connectivity index is 2.35. The SMILES string of the molecule is CCCC(=O)Nc1sc(C(=O)Nc2cccc(OC)c2)c(C)c1C(=O)OCC. The second kappa shape index (κ2) is 9.89. The number of nitrogens with one attached hydrogen (secondary N) is 2. The van der Waals surface area contributed by atoms with Crippen LogP contribution >= 0.6 is 11.3 Å². The molecule has 1 heterocycles. The third kappa shape index (κ3) is 5.10. The highest BCUT2D eigenvalue weighted by Crippen LogP contribution is 2.34. The average molecular weight is 404 g/mol. The number of benzene rings is 1. The van der Waals surface area contributed by atoms with Crippen molar-refractivity contribution in [2.45, 2.75) is 33.6 Å². The molecular formula is C20H24N2O5S. The lowest BCUT2D eigenvalue weighted by Crippen LogP contribution is -2.14. The van der Waals surface area contributed by atoms with Crippen molar-refractivity contribution in [2.75, 3.05) is 24.4 Å². The number of carbonyl (C=O) groups is 3. The first-order valence-electron chi connectivity index (χ1n) is 8.96. The number of esters is 1. The number of methoxy groups -OCH3 is 1. The number of thiophene rings is 1. The van der Waals surface area contributed by atoms with E-state index in [1.807, 2.05) is 6.92 Å². The van der Waals surface area contributed by atoms with Gasteiger partial charge < -0.3 is 20.1 Å². The molecule has 8 heteroatoms. The van der Waals surface area contributed by atoms with Gasteiger partial charge in [0.15, 0.2) is 0 Å². The number of hydrogen-bond acceptors (Lipinski definition) is 6. The van der Waals surface area contributed by atoms with Crippen LogP contribution < -0.4 is 15.4 Å². The minimum atomic E-state index is -0.566. The van der Waals surface area contributed by atoms with Gasteiger partial charge in [-0.2, -0.15) is 0 Å². The summed E-state index contributed by atoms with van der Waals surface area (Å²) in [6.45, 7) is 5.45. The third-order valence-electron chi connectivity index (χ3n) is 3.89. The van der Waals surface area contributed by atoms with Crippen molar-refractivity contribution in [1.29, 1.82) is 0 Å². The van der Waals surface area contributed by atoms with E-state index in [-0.39, 0.29) is 24.0 Å². The molecule has 0 bridgehead atoms. The first kappa shape index (κ1) is 21.4. The molecule has 0 aliphatic heterocycles. The van der Waals surface area contributed by atoms with Crippen LogP contribution in [0.1, 0.15) is 52.3 Å². The Hall–Kier alpha value is -2.87. The zero-order valence-electron chi connectivity index (χ0n) is 16.4. The second-order valence-electron chi connectivity index (χ2n) is 5.97. The molecule has 0 saturated heterocycles. The van der Waals surface area contributed by atoms with Crippen LogP contribution in [0.15, 0.2) is 24.3 Å². The predicted molar refractivity (Wildman–Crippen MR) is 109 cm³/mol. The second-order valence-corrected chi connectivity index (χ2v) is 6.99. The Morgan fingerprint density at radius 1 is 1.14 bits per heavy atom. The van der Waals surface area contributed by atoms with Gasteiger partial charge in [-0.25, -0.2) is 4.79 Å². The van der Waals surface area contributed by atoms with E-state index in [2.05, 4.69) is 10.6 Å². The van der Waals surface area contributed by atoms with Crippen LogP contribution in [0.25, 0.3) is 0 Å². The number of hydrogen-bond donors (Lipinski definition) is 2. The highest BCUT2D eigenvalue weighted by atomic mass is 32.1. The third-order valence-corrected chi connectivity index (χ3v) is 5.10. The summed E-state index contributed by atoms with van der Waals surface area (Å²) < 4.78 is 10.3. The van der Waals surface area contributed by atoms with Crippen LogP contribution in [-0.2, 0) is 9.53 Å². The Labute approximate surface area is 168 Å². The molecule has 0 spiro atoms. The van der Waals surface area contributed by atoms with Crippen molar-refractivity contribution in [3.05, 3.63) is 40.3 Å². The van der Waals surface area contributed by atoms with Crippen molar-refractivity contribution in [2.24, 2.45) is 0 Å². The largest absolute Gasteiger partial charge is 0.497 e. The van der Waals surface area contributed by atoms with Crippen molar-refractivity contribution in [3.63, 3.8) is 0 Å². The summed E-state index contributed by atoms with van der Waals surface area (Å²) in [6.07, 6.45) is 0.999. The molecular weight excluding hydrogens is 380 g/mol. The lowest BCUT2D eigenvalue weighted by atomic mass is 10.1. The molecule has 0 fully saturated rings. The molecule has 2 amide bonds. The van der Waals surface area contributed by atoms with Crippen LogP contribution in [0.4, 0.5) is 10.7 Å². The topological polar surface area (TPSA) is 93.7 Å². The summed E-state index contributed by atoms with van der Waals surface area (Å²) in [5, 5.41) is 5.84. The van der Waals surface area contributed by atoms with E-state index in [9.17, 15) is 14.4 Å². The molecule has 28 heavy (non-hydrogen) atoms. The highest BCUT2D eigenvalue weighted by molar-refractivity contribution is 7.18. The molecule has 7 nitrogen and oxygen atoms in total. The van der Waals surface area contributed by atoms with Gasteiger partial charge in [-0.05, 0) is 38.0 Å². The Morgan fingerprint density at radius 3 is 2.54 bits per heavy atom. The van der Waals surface area contributed by atoms with Gasteiger partial charge in [0.2, 0.25) is 5.91 Å². The molecule has 0 radical (unpaired) electrons. The molecule has 2 rings (SSSR count). The Morgan fingerprint density at radius 2 is 1.89 bits per heavy atom. The van der Waals surface area contributed by atoms with Crippen LogP contribution in [0.5, 0.6) is 5.75 Å². The summed E-state index contributed by atoms with van der Waals surface area (Å²) in [4.78, 5) is 37.5. The fourth-order valence-corrected chi connectivity index (χ4v) is 3.68. The molecule has 2 N–H and O–H groups in total. The van der Waals surface area contributed by atoms with Crippen molar-refractivity contribution in [3.8, 4) is 5.75 Å². The molecule has 0 saturated carbocycles. The Bertz CT molecular complexity index is 875. The zero-order chi connectivity index (χ0) is 20.7. The van der Waals surface area contributed by atoms with Gasteiger partial charge in [0.05, 0.1) is 24.2 Å². The van der Waals surface area contributed by atoms with E-state index in [4.69, 9.17) is 9.47 Å². The van der Waals surface area contributed by atoms with E-state index in [1.165, 1.54) is 0 Å². The Kier molecular flexibility index (Phi) is 7.57. The molecule has 1 aromatic heterocycles. The van der Waals surface area contributed by atoms with Crippen LogP contribution in [0.2, 0.25) is 0 Å². The van der Waals surface area contributed by atoms with E-state index in [0.717, 1.165) is 11.3 Å². The molecule has 2 aromatic rings. The fourth-order valence-electron chi connectivity index (χ4n) is 2.57. The minimum Gasteiger partial charge on any atom is -0.497 e. The summed E-state index contributed by atoms with van der Waals surface area (Å²) in [5.74, 6) is -0.546. The maximum atomic E-state index is 12.8. The van der Waals surface area contributed by atoms with Gasteiger partial charge >= 0.3 is 5.97 Å². The van der Waals surface area contributed by atoms with Crippen LogP contribution in [0, 0.1) is 6.92 Å². The predicted octanol–water partition coefficient (Wildman–Crippen LogP) is 4.23. The van der Waals surface area contributed by atoms with Gasteiger partial charge in [0.25, 0.3) is 5.91 Å². The zero-order valence-corrected chi connectivity index (χ0v) is 17.2. The summed E-state index contributed by atoms with van der Waals surface area (Å²) in [6, 6.07) is 6.96. The van der Waals surface area contributed by atoms with Crippen molar-refractivity contribution >= 4 is 39.8 Å². The number of rotatable bonds is 8. The number of anilines is 2. The summed E-state index contributed by atoms with van der Waals surface area (Å²) >= 11 is 1.06. The lowest BCUT2D eigenvalue weighted by molar-refractivity contribution is -0.116. The minimum absolute atomic E-state index is 0.196. The van der Waals surface area contributed by atoms with E-state index < -0.39 is 5.97 Å². The van der Waals surface area contributed by atoms with E-state index in [0.29, 0.717) is 39.7 Å². The van der Waals surface area contributed by atoms with Gasteiger partial charge in [-0.3, -0.25) is 9.59 Å². The molecule has 150 valence electrons. The van der Waals surface area contributed by atoms with Crippen LogP contribution in [0.3, 0.4) is 0 Å². The monoisotopic (exact) mass is 404 g/mol. The molecule has 0 atom stereocenters. The summed E-state index contributed by atoms with van der Waals surface area (Å²) in [7, 11) is 1.54. The fraction of sp³-hybridized carbons (Fsp3) is 0.350. The number of ether oxygens (including phenoxy) is 2. The van der Waals surface area contributed by atoms with E-state index >= 15 is 0 Å². The quantitative estimate of drug-likeness (QED) is 0.642. The first-order chi connectivity index (χ1) is 13.4. The maximum absolute atomic E-state index is 12.8. The van der Waals surface area contributed by atoms with E-state index in [1.54, 1.807) is 45.2 Å². The molecule has 0 unspecified atom stereocenters. The van der Waals surface area contributed by atoms with Gasteiger partial charge in [0.1, 0.15) is 10.8 Å². The lowest BCUT2D eigenvalue weighted by Gasteiger charge is -2.07. The maximum Gasteiger partial charge on any atom is 0.341 e.